The number of Topliss-reactive ketones (excluding diaryl/α,β-unsaturated/α-hetero) is 1. The Balaban J connectivity index is 1.98. The molecule has 0 saturated heterocycles. The molecule has 4 fully saturated rings. The topological polar surface area (TPSA) is 17.1 Å². The summed E-state index contributed by atoms with van der Waals surface area (Å²) in [6.45, 7) is 0. The molecule has 2 heteroatoms. The molecule has 4 aliphatic rings. The summed E-state index contributed by atoms with van der Waals surface area (Å²) < 4.78 is 0. The van der Waals surface area contributed by atoms with Crippen molar-refractivity contribution in [1.29, 1.82) is 0 Å². The van der Waals surface area contributed by atoms with Gasteiger partial charge in [-0.05, 0) is 49.9 Å². The van der Waals surface area contributed by atoms with E-state index in [2.05, 4.69) is 15.9 Å². The molecule has 0 spiro atoms. The molecule has 72 valence electrons. The van der Waals surface area contributed by atoms with Crippen molar-refractivity contribution in [3.8, 4) is 0 Å². The smallest absolute Gasteiger partial charge is 0.149 e. The highest BCUT2D eigenvalue weighted by atomic mass is 79.9. The summed E-state index contributed by atoms with van der Waals surface area (Å²) >= 11 is 3.61. The first kappa shape index (κ1) is 8.46. The third-order valence-corrected chi connectivity index (χ3v) is 5.46. The van der Waals surface area contributed by atoms with Crippen molar-refractivity contribution >= 4 is 21.7 Å². The fourth-order valence-corrected chi connectivity index (χ4v) is 4.64. The second-order valence-corrected chi connectivity index (χ2v) is 6.16. The van der Waals surface area contributed by atoms with E-state index in [0.717, 1.165) is 11.8 Å². The predicted molar refractivity (Wildman–Crippen MR) is 54.8 cm³/mol. The van der Waals surface area contributed by atoms with Gasteiger partial charge < -0.3 is 0 Å². The summed E-state index contributed by atoms with van der Waals surface area (Å²) in [5.41, 5.74) is 0. The van der Waals surface area contributed by atoms with Crippen molar-refractivity contribution in [2.75, 3.05) is 0 Å². The molecular weight excluding hydrogens is 228 g/mol. The Hall–Kier alpha value is 0.150. The summed E-state index contributed by atoms with van der Waals surface area (Å²) in [6.07, 6.45) is 6.45. The van der Waals surface area contributed by atoms with E-state index in [0.29, 0.717) is 17.6 Å². The van der Waals surface area contributed by atoms with E-state index in [1.54, 1.807) is 0 Å². The molecule has 4 rings (SSSR count). The van der Waals surface area contributed by atoms with Crippen molar-refractivity contribution in [2.24, 2.45) is 23.7 Å². The molecule has 0 N–H and O–H groups in total. The maximum atomic E-state index is 11.9. The van der Waals surface area contributed by atoms with Crippen LogP contribution in [-0.2, 0) is 4.79 Å². The van der Waals surface area contributed by atoms with Gasteiger partial charge in [-0.2, -0.15) is 0 Å². The molecule has 0 heterocycles. The largest absolute Gasteiger partial charge is 0.298 e. The lowest BCUT2D eigenvalue weighted by molar-refractivity contribution is -0.123. The fourth-order valence-electron chi connectivity index (χ4n) is 3.83. The van der Waals surface area contributed by atoms with Crippen LogP contribution in [0, 0.1) is 23.7 Å². The van der Waals surface area contributed by atoms with Crippen LogP contribution in [0.4, 0.5) is 0 Å². The first-order valence-electron chi connectivity index (χ1n) is 5.42. The molecule has 1 nitrogen and oxygen atoms in total. The Morgan fingerprint density at radius 1 is 1.00 bits per heavy atom. The van der Waals surface area contributed by atoms with Gasteiger partial charge in [0.1, 0.15) is 5.78 Å². The Labute approximate surface area is 87.4 Å². The predicted octanol–water partition coefficient (Wildman–Crippen LogP) is 2.78. The van der Waals surface area contributed by atoms with Crippen LogP contribution in [-0.4, -0.2) is 10.6 Å². The molecular formula is C11H15BrO. The van der Waals surface area contributed by atoms with E-state index in [1.807, 2.05) is 0 Å². The average Bonchev–Trinajstić information content (AvgIpc) is 2.23. The van der Waals surface area contributed by atoms with Gasteiger partial charge in [-0.1, -0.05) is 15.9 Å². The number of fused-ring (bicyclic) bond motifs is 1. The zero-order valence-electron chi connectivity index (χ0n) is 7.71. The van der Waals surface area contributed by atoms with Crippen molar-refractivity contribution in [3.05, 3.63) is 0 Å². The number of ketones is 1. The molecule has 13 heavy (non-hydrogen) atoms. The molecule has 0 radical (unpaired) electrons. The van der Waals surface area contributed by atoms with Crippen LogP contribution in [0.15, 0.2) is 0 Å². The number of halogens is 1. The highest BCUT2D eigenvalue weighted by molar-refractivity contribution is 9.10. The molecule has 0 aromatic rings. The zero-order valence-corrected chi connectivity index (χ0v) is 9.29. The van der Waals surface area contributed by atoms with Gasteiger partial charge in [-0.3, -0.25) is 4.79 Å². The minimum Gasteiger partial charge on any atom is -0.298 e. The summed E-state index contributed by atoms with van der Waals surface area (Å²) in [6, 6.07) is 0. The van der Waals surface area contributed by atoms with Crippen molar-refractivity contribution in [3.63, 3.8) is 0 Å². The Morgan fingerprint density at radius 3 is 2.23 bits per heavy atom. The van der Waals surface area contributed by atoms with E-state index in [4.69, 9.17) is 0 Å². The molecule has 4 saturated carbocycles. The SMILES string of the molecule is O=C1C2C[C@@H]3CC(C[C@H](C2)C3)[C@@H]1Br. The maximum Gasteiger partial charge on any atom is 0.149 e. The number of hydrogen-bond donors (Lipinski definition) is 0. The molecule has 2 unspecified atom stereocenters. The first-order valence-corrected chi connectivity index (χ1v) is 6.33. The lowest BCUT2D eigenvalue weighted by atomic mass is 9.68. The van der Waals surface area contributed by atoms with Gasteiger partial charge in [0, 0.05) is 5.92 Å². The van der Waals surface area contributed by atoms with Crippen LogP contribution >= 0.6 is 15.9 Å². The third-order valence-electron chi connectivity index (χ3n) is 4.26. The molecule has 0 aliphatic heterocycles. The second kappa shape index (κ2) is 2.82. The number of alkyl halides is 1. The standard InChI is InChI=1S/C11H15BrO/c12-10-8-2-6-1-7(3-8)5-9(4-6)11(10)13/h6-10H,1-5H2/t6-,7+,8?,9?,10-/m0/s1. The van der Waals surface area contributed by atoms with Gasteiger partial charge in [-0.25, -0.2) is 0 Å². The van der Waals surface area contributed by atoms with Gasteiger partial charge in [-0.15, -0.1) is 0 Å². The van der Waals surface area contributed by atoms with E-state index in [-0.39, 0.29) is 4.83 Å². The van der Waals surface area contributed by atoms with Crippen LogP contribution in [0.5, 0.6) is 0 Å². The van der Waals surface area contributed by atoms with Crippen LogP contribution in [0.2, 0.25) is 0 Å². The number of carbonyl (C=O) groups excluding carboxylic acids is 1. The number of hydrogen-bond acceptors (Lipinski definition) is 1. The van der Waals surface area contributed by atoms with Gasteiger partial charge in [0.15, 0.2) is 0 Å². The summed E-state index contributed by atoms with van der Waals surface area (Å²) in [5, 5.41) is 0. The van der Waals surface area contributed by atoms with Crippen molar-refractivity contribution < 1.29 is 4.79 Å². The van der Waals surface area contributed by atoms with Crippen molar-refractivity contribution in [2.45, 2.75) is 36.9 Å². The van der Waals surface area contributed by atoms with Crippen LogP contribution in [0.25, 0.3) is 0 Å². The normalized spacial score (nSPS) is 53.9. The summed E-state index contributed by atoms with van der Waals surface area (Å²) in [5.74, 6) is 3.38. The highest BCUT2D eigenvalue weighted by Gasteiger charge is 2.47. The van der Waals surface area contributed by atoms with E-state index < -0.39 is 0 Å². The van der Waals surface area contributed by atoms with Gasteiger partial charge >= 0.3 is 0 Å². The fraction of sp³-hybridized carbons (Fsp3) is 0.909. The molecule has 0 amide bonds. The second-order valence-electron chi connectivity index (χ2n) is 5.17. The third kappa shape index (κ3) is 1.21. The minimum atomic E-state index is 0.202. The van der Waals surface area contributed by atoms with Gasteiger partial charge in [0.05, 0.1) is 4.83 Å². The quantitative estimate of drug-likeness (QED) is 0.598. The number of carbonyl (C=O) groups is 1. The van der Waals surface area contributed by atoms with E-state index >= 15 is 0 Å². The van der Waals surface area contributed by atoms with Crippen LogP contribution in [0.3, 0.4) is 0 Å². The summed E-state index contributed by atoms with van der Waals surface area (Å²) in [4.78, 5) is 12.1. The molecule has 4 aliphatic carbocycles. The van der Waals surface area contributed by atoms with Gasteiger partial charge in [0.2, 0.25) is 0 Å². The summed E-state index contributed by atoms with van der Waals surface area (Å²) in [7, 11) is 0. The lowest BCUT2D eigenvalue weighted by Crippen LogP contribution is -2.28. The van der Waals surface area contributed by atoms with Crippen LogP contribution in [0.1, 0.15) is 32.1 Å². The maximum absolute atomic E-state index is 11.9. The zero-order chi connectivity index (χ0) is 9.00. The first-order chi connectivity index (χ1) is 6.24. The Bertz CT molecular complexity index is 236. The van der Waals surface area contributed by atoms with Crippen molar-refractivity contribution in [1.82, 2.24) is 0 Å². The van der Waals surface area contributed by atoms with E-state index in [1.165, 1.54) is 32.1 Å². The minimum absolute atomic E-state index is 0.202. The number of rotatable bonds is 0. The molecule has 4 bridgehead atoms. The average molecular weight is 243 g/mol. The monoisotopic (exact) mass is 242 g/mol. The highest BCUT2D eigenvalue weighted by Crippen LogP contribution is 2.51. The Morgan fingerprint density at radius 2 is 1.62 bits per heavy atom. The molecule has 5 atom stereocenters. The van der Waals surface area contributed by atoms with E-state index in [9.17, 15) is 4.79 Å². The molecule has 0 aromatic heterocycles. The van der Waals surface area contributed by atoms with Gasteiger partial charge in [0.25, 0.3) is 0 Å². The molecule has 0 aromatic carbocycles. The Kier molecular flexibility index (Phi) is 1.83. The lowest BCUT2D eigenvalue weighted by Gasteiger charge is -2.37. The van der Waals surface area contributed by atoms with Crippen LogP contribution < -0.4 is 0 Å².